The molecule has 7 nitrogen and oxygen atoms in total. The number of methoxy groups -OCH3 is 1. The van der Waals surface area contributed by atoms with E-state index in [2.05, 4.69) is 28.5 Å². The summed E-state index contributed by atoms with van der Waals surface area (Å²) < 4.78 is 10.7. The average Bonchev–Trinajstić information content (AvgIpc) is 3.27. The third-order valence-electron chi connectivity index (χ3n) is 6.01. The fourth-order valence-electron chi connectivity index (χ4n) is 4.35. The third-order valence-corrected chi connectivity index (χ3v) is 6.01. The van der Waals surface area contributed by atoms with Gasteiger partial charge in [-0.15, -0.1) is 24.0 Å². The van der Waals surface area contributed by atoms with E-state index in [1.54, 1.807) is 7.11 Å². The molecule has 0 aromatic heterocycles. The second-order valence-corrected chi connectivity index (χ2v) is 8.43. The van der Waals surface area contributed by atoms with Gasteiger partial charge in [0.2, 0.25) is 5.91 Å². The van der Waals surface area contributed by atoms with Crippen LogP contribution in [0.15, 0.2) is 29.3 Å². The van der Waals surface area contributed by atoms with E-state index in [0.717, 1.165) is 56.2 Å². The molecule has 1 heterocycles. The lowest BCUT2D eigenvalue weighted by Crippen LogP contribution is -2.45. The van der Waals surface area contributed by atoms with Crippen molar-refractivity contribution < 1.29 is 14.3 Å². The molecule has 1 aromatic carbocycles. The van der Waals surface area contributed by atoms with E-state index in [-0.39, 0.29) is 35.9 Å². The molecule has 0 spiro atoms. The van der Waals surface area contributed by atoms with E-state index in [1.807, 2.05) is 18.2 Å². The van der Waals surface area contributed by atoms with Gasteiger partial charge in [0.1, 0.15) is 12.4 Å². The van der Waals surface area contributed by atoms with E-state index in [1.165, 1.54) is 19.3 Å². The summed E-state index contributed by atoms with van der Waals surface area (Å²) in [6, 6.07) is 8.25. The van der Waals surface area contributed by atoms with Crippen molar-refractivity contribution in [2.24, 2.45) is 10.9 Å². The van der Waals surface area contributed by atoms with Gasteiger partial charge in [0.15, 0.2) is 5.96 Å². The highest BCUT2D eigenvalue weighted by Gasteiger charge is 2.31. The monoisotopic (exact) mass is 558 g/mol. The molecule has 1 aliphatic heterocycles. The number of benzene rings is 1. The van der Waals surface area contributed by atoms with Crippen molar-refractivity contribution in [3.8, 4) is 5.75 Å². The first-order valence-electron chi connectivity index (χ1n) is 11.7. The Labute approximate surface area is 209 Å². The van der Waals surface area contributed by atoms with Gasteiger partial charge >= 0.3 is 0 Å². The summed E-state index contributed by atoms with van der Waals surface area (Å²) in [6.45, 7) is 6.13. The minimum Gasteiger partial charge on any atom is -0.491 e. The molecule has 0 radical (unpaired) electrons. The first kappa shape index (κ1) is 26.7. The van der Waals surface area contributed by atoms with Crippen molar-refractivity contribution in [3.63, 3.8) is 0 Å². The van der Waals surface area contributed by atoms with Crippen LogP contribution in [0, 0.1) is 5.92 Å². The van der Waals surface area contributed by atoms with Crippen molar-refractivity contribution in [3.05, 3.63) is 29.8 Å². The second-order valence-electron chi connectivity index (χ2n) is 8.43. The number of ether oxygens (including phenoxy) is 2. The average molecular weight is 559 g/mol. The number of hydrogen-bond donors (Lipinski definition) is 2. The van der Waals surface area contributed by atoms with E-state index >= 15 is 0 Å². The first-order chi connectivity index (χ1) is 15.2. The zero-order valence-electron chi connectivity index (χ0n) is 19.5. The van der Waals surface area contributed by atoms with Crippen molar-refractivity contribution in [1.82, 2.24) is 15.5 Å². The Bertz CT molecular complexity index is 725. The molecule has 32 heavy (non-hydrogen) atoms. The summed E-state index contributed by atoms with van der Waals surface area (Å²) in [4.78, 5) is 19.6. The molecule has 2 N–H and O–H groups in total. The van der Waals surface area contributed by atoms with Crippen LogP contribution in [-0.2, 0) is 16.1 Å². The number of nitrogens with zero attached hydrogens (tertiary/aromatic N) is 2. The van der Waals surface area contributed by atoms with Gasteiger partial charge in [-0.2, -0.15) is 0 Å². The Hall–Kier alpha value is -1.55. The normalized spacial score (nSPS) is 19.4. The van der Waals surface area contributed by atoms with Gasteiger partial charge < -0.3 is 25.0 Å². The molecule has 1 aliphatic carbocycles. The van der Waals surface area contributed by atoms with Crippen LogP contribution in [0.3, 0.4) is 0 Å². The van der Waals surface area contributed by atoms with Crippen molar-refractivity contribution >= 4 is 35.8 Å². The van der Waals surface area contributed by atoms with Crippen molar-refractivity contribution in [2.75, 3.05) is 40.0 Å². The molecule has 3 rings (SSSR count). The van der Waals surface area contributed by atoms with Crippen LogP contribution in [0.1, 0.15) is 51.0 Å². The molecule has 8 heteroatoms. The summed E-state index contributed by atoms with van der Waals surface area (Å²) in [5.74, 6) is 2.23. The smallest absolute Gasteiger partial charge is 0.225 e. The number of aliphatic imine (C=N–C) groups is 1. The zero-order chi connectivity index (χ0) is 21.9. The molecule has 0 bridgehead atoms. The van der Waals surface area contributed by atoms with Crippen molar-refractivity contribution in [2.45, 2.75) is 58.0 Å². The molecular formula is C24H39IN4O3. The molecule has 1 saturated carbocycles. The maximum absolute atomic E-state index is 12.8. The summed E-state index contributed by atoms with van der Waals surface area (Å²) in [5.41, 5.74) is 1.09. The predicted octanol–water partition coefficient (Wildman–Crippen LogP) is 3.57. The Morgan fingerprint density at radius 1 is 1.19 bits per heavy atom. The van der Waals surface area contributed by atoms with Crippen LogP contribution in [-0.4, -0.2) is 62.8 Å². The number of hydrogen-bond acceptors (Lipinski definition) is 4. The van der Waals surface area contributed by atoms with E-state index < -0.39 is 0 Å². The van der Waals surface area contributed by atoms with Gasteiger partial charge in [0.05, 0.1) is 13.2 Å². The highest BCUT2D eigenvalue weighted by Crippen LogP contribution is 2.26. The van der Waals surface area contributed by atoms with E-state index in [4.69, 9.17) is 14.5 Å². The summed E-state index contributed by atoms with van der Waals surface area (Å²) in [5, 5.41) is 6.86. The number of halogens is 1. The minimum absolute atomic E-state index is 0. The summed E-state index contributed by atoms with van der Waals surface area (Å²) in [6.07, 6.45) is 6.76. The maximum Gasteiger partial charge on any atom is 0.225 e. The Morgan fingerprint density at radius 3 is 2.75 bits per heavy atom. The standard InChI is InChI=1S/C24H38N4O3.HI/c1-3-25-24(26-17-19-8-7-11-22(16-19)31-15-14-30-2)27-21-12-13-28(18-21)23(29)20-9-5-4-6-10-20;/h7-8,11,16,20-21H,3-6,9-10,12-15,17-18H2,1-2H3,(H2,25,26,27);1H. The summed E-state index contributed by atoms with van der Waals surface area (Å²) >= 11 is 0. The lowest BCUT2D eigenvalue weighted by Gasteiger charge is -2.26. The molecule has 1 amide bonds. The zero-order valence-corrected chi connectivity index (χ0v) is 21.8. The Morgan fingerprint density at radius 2 is 2.00 bits per heavy atom. The molecule has 1 saturated heterocycles. The molecule has 1 aromatic rings. The molecule has 2 aliphatic rings. The summed E-state index contributed by atoms with van der Waals surface area (Å²) in [7, 11) is 1.67. The predicted molar refractivity (Wildman–Crippen MR) is 139 cm³/mol. The largest absolute Gasteiger partial charge is 0.491 e. The quantitative estimate of drug-likeness (QED) is 0.210. The van der Waals surface area contributed by atoms with Gasteiger partial charge in [0.25, 0.3) is 0 Å². The van der Waals surface area contributed by atoms with E-state index in [9.17, 15) is 4.79 Å². The number of amides is 1. The molecule has 1 unspecified atom stereocenters. The Kier molecular flexibility index (Phi) is 12.2. The topological polar surface area (TPSA) is 75.2 Å². The number of guanidine groups is 1. The Balaban J connectivity index is 0.00000363. The first-order valence-corrected chi connectivity index (χ1v) is 11.7. The second kappa shape index (κ2) is 14.6. The number of nitrogens with one attached hydrogen (secondary N) is 2. The van der Waals surface area contributed by atoms with Crippen molar-refractivity contribution in [1.29, 1.82) is 0 Å². The van der Waals surface area contributed by atoms with Gasteiger partial charge in [0, 0.05) is 38.7 Å². The third kappa shape index (κ3) is 8.42. The van der Waals surface area contributed by atoms with E-state index in [0.29, 0.717) is 25.7 Å². The SMILES string of the molecule is CCNC(=NCc1cccc(OCCOC)c1)NC1CCN(C(=O)C2CCCCC2)C1.I. The number of rotatable bonds is 9. The van der Waals surface area contributed by atoms with Crippen LogP contribution in [0.5, 0.6) is 5.75 Å². The van der Waals surface area contributed by atoms with Crippen LogP contribution in [0.2, 0.25) is 0 Å². The minimum atomic E-state index is 0. The highest BCUT2D eigenvalue weighted by molar-refractivity contribution is 14.0. The lowest BCUT2D eigenvalue weighted by molar-refractivity contribution is -0.135. The van der Waals surface area contributed by atoms with Gasteiger partial charge in [-0.1, -0.05) is 31.4 Å². The highest BCUT2D eigenvalue weighted by atomic mass is 127. The number of likely N-dealkylation sites (tertiary alicyclic amines) is 1. The molecule has 180 valence electrons. The van der Waals surface area contributed by atoms with Gasteiger partial charge in [-0.05, 0) is 43.9 Å². The molecule has 2 fully saturated rings. The van der Waals surface area contributed by atoms with Crippen LogP contribution in [0.25, 0.3) is 0 Å². The van der Waals surface area contributed by atoms with Gasteiger partial charge in [-0.3, -0.25) is 4.79 Å². The molecule has 1 atom stereocenters. The fraction of sp³-hybridized carbons (Fsp3) is 0.667. The number of carbonyl (C=O) groups excluding carboxylic acids is 1. The molecular weight excluding hydrogens is 519 g/mol. The number of carbonyl (C=O) groups is 1. The van der Waals surface area contributed by atoms with Crippen LogP contribution >= 0.6 is 24.0 Å². The lowest BCUT2D eigenvalue weighted by atomic mass is 9.88. The van der Waals surface area contributed by atoms with Gasteiger partial charge in [-0.25, -0.2) is 4.99 Å². The van der Waals surface area contributed by atoms with Crippen LogP contribution < -0.4 is 15.4 Å². The maximum atomic E-state index is 12.8. The van der Waals surface area contributed by atoms with Crippen LogP contribution in [0.4, 0.5) is 0 Å². The fourth-order valence-corrected chi connectivity index (χ4v) is 4.35.